The molecule has 0 fully saturated rings. The fourth-order valence-corrected chi connectivity index (χ4v) is 4.00. The smallest absolute Gasteiger partial charge is 0.319 e. The molecule has 172 valence electrons. The van der Waals surface area contributed by atoms with Gasteiger partial charge in [0.1, 0.15) is 23.7 Å². The Balaban J connectivity index is 1.62. The lowest BCUT2D eigenvalue weighted by molar-refractivity contribution is 0.126. The van der Waals surface area contributed by atoms with Gasteiger partial charge in [-0.3, -0.25) is 4.90 Å². The van der Waals surface area contributed by atoms with Crippen LogP contribution in [0.25, 0.3) is 21.9 Å². The maximum atomic E-state index is 12.0. The summed E-state index contributed by atoms with van der Waals surface area (Å²) >= 11 is 0. The largest absolute Gasteiger partial charge is 0.508 e. The molecule has 4 rings (SSSR count). The van der Waals surface area contributed by atoms with E-state index in [1.165, 1.54) is 0 Å². The number of hydrogen-bond acceptors (Lipinski definition) is 6. The van der Waals surface area contributed by atoms with Crippen LogP contribution in [0, 0.1) is 0 Å². The number of phenolic OH excluding ortho intramolecular Hbond substituents is 1. The van der Waals surface area contributed by atoms with Gasteiger partial charge in [-0.05, 0) is 50.1 Å². The number of nitrogens with zero attached hydrogens (tertiary/aromatic N) is 4. The number of nitrogens with two attached hydrogens (primary N) is 2. The average Bonchev–Trinajstić information content (AvgIpc) is 3.18. The van der Waals surface area contributed by atoms with Crippen LogP contribution in [0.15, 0.2) is 48.5 Å². The number of carbonyl (C=O) groups excluding carboxylic acids is 1. The Labute approximate surface area is 191 Å². The summed E-state index contributed by atoms with van der Waals surface area (Å²) < 4.78 is 7.71. The van der Waals surface area contributed by atoms with Crippen molar-refractivity contribution in [1.82, 2.24) is 14.5 Å². The number of urea groups is 1. The van der Waals surface area contributed by atoms with Crippen LogP contribution in [-0.2, 0) is 17.9 Å². The minimum atomic E-state index is -0.480. The van der Waals surface area contributed by atoms with Gasteiger partial charge in [-0.15, -0.1) is 0 Å². The van der Waals surface area contributed by atoms with E-state index in [2.05, 4.69) is 9.55 Å². The van der Waals surface area contributed by atoms with Crippen LogP contribution in [0.4, 0.5) is 16.3 Å². The lowest BCUT2D eigenvalue weighted by Crippen LogP contribution is -2.36. The number of primary amides is 1. The van der Waals surface area contributed by atoms with E-state index >= 15 is 0 Å². The summed E-state index contributed by atoms with van der Waals surface area (Å²) in [5.41, 5.74) is 14.7. The highest BCUT2D eigenvalue weighted by Gasteiger charge is 2.18. The number of para-hydroxylation sites is 1. The molecule has 9 nitrogen and oxygen atoms in total. The topological polar surface area (TPSA) is 133 Å². The molecule has 0 spiro atoms. The van der Waals surface area contributed by atoms with Gasteiger partial charge in [0, 0.05) is 30.8 Å². The summed E-state index contributed by atoms with van der Waals surface area (Å²) in [6.07, 6.45) is 1.50. The maximum absolute atomic E-state index is 12.0. The number of nitrogen functional groups attached to an aromatic ring is 1. The van der Waals surface area contributed by atoms with Crippen molar-refractivity contribution in [2.24, 2.45) is 5.73 Å². The average molecular weight is 449 g/mol. The number of unbranched alkanes of at least 4 members (excludes halogenated alkanes) is 1. The lowest BCUT2D eigenvalue weighted by Gasteiger charge is -2.20. The van der Waals surface area contributed by atoms with E-state index in [9.17, 15) is 9.90 Å². The second-order valence-corrected chi connectivity index (χ2v) is 7.75. The number of imidazole rings is 1. The summed E-state index contributed by atoms with van der Waals surface area (Å²) in [6, 6.07) is 13.9. The number of fused-ring (bicyclic) bond motifs is 3. The summed E-state index contributed by atoms with van der Waals surface area (Å²) in [5, 5.41) is 10.8. The molecule has 0 saturated carbocycles. The zero-order valence-corrected chi connectivity index (χ0v) is 18.6. The number of anilines is 2. The third kappa shape index (κ3) is 4.68. The number of ether oxygens (including phenoxy) is 1. The van der Waals surface area contributed by atoms with E-state index in [1.807, 2.05) is 37.3 Å². The Hall–Kier alpha value is -3.85. The summed E-state index contributed by atoms with van der Waals surface area (Å²) in [6.45, 7) is 3.95. The SMILES string of the molecule is CCOCc1nc2c(N)nc3ccc(O)cc3c2n1CCCCN(C(N)=O)c1ccccc1. The molecule has 0 bridgehead atoms. The maximum Gasteiger partial charge on any atom is 0.319 e. The first-order chi connectivity index (χ1) is 16.0. The molecule has 0 aliphatic heterocycles. The van der Waals surface area contributed by atoms with Gasteiger partial charge in [-0.25, -0.2) is 14.8 Å². The molecule has 2 amide bonds. The first kappa shape index (κ1) is 22.3. The molecule has 2 heterocycles. The molecule has 0 aliphatic rings. The molecule has 2 aromatic heterocycles. The summed E-state index contributed by atoms with van der Waals surface area (Å²) in [5.74, 6) is 1.23. The van der Waals surface area contributed by atoms with Gasteiger partial charge >= 0.3 is 6.03 Å². The standard InChI is InChI=1S/C24H28N6O3/c1-2-33-15-20-28-21-22(18-14-17(31)10-11-19(18)27-23(21)25)30(20)13-7-6-12-29(24(26)32)16-8-4-3-5-9-16/h3-5,8-11,14,31H,2,6-7,12-13,15H2,1H3,(H2,25,27)(H2,26,32). The van der Waals surface area contributed by atoms with Gasteiger partial charge in [0.05, 0.1) is 11.0 Å². The summed E-state index contributed by atoms with van der Waals surface area (Å²) in [4.78, 5) is 22.7. The Morgan fingerprint density at radius 2 is 1.94 bits per heavy atom. The van der Waals surface area contributed by atoms with Crippen LogP contribution in [0.5, 0.6) is 5.75 Å². The number of aromatic hydroxyl groups is 1. The molecular weight excluding hydrogens is 420 g/mol. The second-order valence-electron chi connectivity index (χ2n) is 7.75. The lowest BCUT2D eigenvalue weighted by atomic mass is 10.1. The number of aromatic nitrogens is 3. The number of phenols is 1. The zero-order valence-electron chi connectivity index (χ0n) is 18.6. The third-order valence-corrected chi connectivity index (χ3v) is 5.55. The molecule has 9 heteroatoms. The normalized spacial score (nSPS) is 11.3. The van der Waals surface area contributed by atoms with E-state index in [0.29, 0.717) is 43.2 Å². The van der Waals surface area contributed by atoms with Crippen molar-refractivity contribution in [2.75, 3.05) is 23.8 Å². The molecule has 0 saturated heterocycles. The van der Waals surface area contributed by atoms with Crippen molar-refractivity contribution in [3.05, 3.63) is 54.4 Å². The number of amides is 2. The quantitative estimate of drug-likeness (QED) is 0.334. The minimum absolute atomic E-state index is 0.148. The van der Waals surface area contributed by atoms with Crippen molar-refractivity contribution >= 4 is 39.5 Å². The van der Waals surface area contributed by atoms with E-state index < -0.39 is 6.03 Å². The molecule has 2 aromatic carbocycles. The van der Waals surface area contributed by atoms with Crippen molar-refractivity contribution in [3.8, 4) is 5.75 Å². The molecular formula is C24H28N6O3. The highest BCUT2D eigenvalue weighted by molar-refractivity contribution is 6.07. The van der Waals surface area contributed by atoms with Gasteiger partial charge in [-0.1, -0.05) is 18.2 Å². The van der Waals surface area contributed by atoms with Crippen LogP contribution in [-0.4, -0.2) is 38.8 Å². The van der Waals surface area contributed by atoms with E-state index in [-0.39, 0.29) is 5.75 Å². The third-order valence-electron chi connectivity index (χ3n) is 5.55. The van der Waals surface area contributed by atoms with Gasteiger partial charge in [-0.2, -0.15) is 0 Å². The van der Waals surface area contributed by atoms with Gasteiger partial charge in [0.25, 0.3) is 0 Å². The van der Waals surface area contributed by atoms with Crippen molar-refractivity contribution in [2.45, 2.75) is 32.9 Å². The molecule has 0 atom stereocenters. The number of pyridine rings is 1. The Bertz CT molecular complexity index is 1270. The number of carbonyl (C=O) groups is 1. The predicted molar refractivity (Wildman–Crippen MR) is 129 cm³/mol. The molecule has 33 heavy (non-hydrogen) atoms. The summed E-state index contributed by atoms with van der Waals surface area (Å²) in [7, 11) is 0. The van der Waals surface area contributed by atoms with Crippen LogP contribution in [0.3, 0.4) is 0 Å². The number of aryl methyl sites for hydroxylation is 1. The van der Waals surface area contributed by atoms with Gasteiger partial charge in [0.15, 0.2) is 5.82 Å². The fraction of sp³-hybridized carbons (Fsp3) is 0.292. The van der Waals surface area contributed by atoms with Crippen molar-refractivity contribution in [3.63, 3.8) is 0 Å². The molecule has 4 aromatic rings. The van der Waals surface area contributed by atoms with Crippen LogP contribution in [0.2, 0.25) is 0 Å². The number of hydrogen-bond donors (Lipinski definition) is 3. The highest BCUT2D eigenvalue weighted by Crippen LogP contribution is 2.31. The Morgan fingerprint density at radius 1 is 1.15 bits per heavy atom. The molecule has 5 N–H and O–H groups in total. The van der Waals surface area contributed by atoms with E-state index in [1.54, 1.807) is 23.1 Å². The predicted octanol–water partition coefficient (Wildman–Crippen LogP) is 3.77. The van der Waals surface area contributed by atoms with Gasteiger partial charge in [0.2, 0.25) is 0 Å². The number of benzene rings is 2. The highest BCUT2D eigenvalue weighted by atomic mass is 16.5. The fourth-order valence-electron chi connectivity index (χ4n) is 4.00. The first-order valence-corrected chi connectivity index (χ1v) is 11.0. The van der Waals surface area contributed by atoms with Crippen LogP contribution in [0.1, 0.15) is 25.6 Å². The Morgan fingerprint density at radius 3 is 2.67 bits per heavy atom. The Kier molecular flexibility index (Phi) is 6.60. The van der Waals surface area contributed by atoms with Crippen molar-refractivity contribution in [1.29, 1.82) is 0 Å². The number of rotatable bonds is 9. The van der Waals surface area contributed by atoms with Crippen LogP contribution < -0.4 is 16.4 Å². The van der Waals surface area contributed by atoms with Crippen LogP contribution >= 0.6 is 0 Å². The minimum Gasteiger partial charge on any atom is -0.508 e. The zero-order chi connectivity index (χ0) is 23.4. The van der Waals surface area contributed by atoms with E-state index in [0.717, 1.165) is 35.3 Å². The monoisotopic (exact) mass is 448 g/mol. The molecule has 0 aliphatic carbocycles. The van der Waals surface area contributed by atoms with Crippen molar-refractivity contribution < 1.29 is 14.6 Å². The van der Waals surface area contributed by atoms with E-state index in [4.69, 9.17) is 21.2 Å². The first-order valence-electron chi connectivity index (χ1n) is 11.0. The molecule has 0 unspecified atom stereocenters. The van der Waals surface area contributed by atoms with Gasteiger partial charge < -0.3 is 25.9 Å². The second kappa shape index (κ2) is 9.74. The molecule has 0 radical (unpaired) electrons.